The Hall–Kier alpha value is -3.11. The molecule has 3 aromatic carbocycles. The molecule has 2 heterocycles. The number of benzene rings is 3. The monoisotopic (exact) mass is 427 g/mol. The maximum absolute atomic E-state index is 12.8. The fourth-order valence-corrected chi connectivity index (χ4v) is 4.91. The van der Waals surface area contributed by atoms with Crippen molar-refractivity contribution in [2.45, 2.75) is 31.5 Å². The predicted octanol–water partition coefficient (Wildman–Crippen LogP) is 5.86. The SMILES string of the molecule is CN1CCCC(C(Oc2ccc3c(c2)OC(c2ccccc2)CC3=O)c2ccccc2)C1. The molecule has 0 radical (unpaired) electrons. The van der Waals surface area contributed by atoms with Gasteiger partial charge in [0.05, 0.1) is 12.0 Å². The van der Waals surface area contributed by atoms with E-state index in [0.29, 0.717) is 23.7 Å². The molecule has 3 unspecified atom stereocenters. The summed E-state index contributed by atoms with van der Waals surface area (Å²) in [6.07, 6.45) is 2.37. The van der Waals surface area contributed by atoms with Gasteiger partial charge < -0.3 is 14.4 Å². The van der Waals surface area contributed by atoms with Gasteiger partial charge in [0.1, 0.15) is 23.7 Å². The summed E-state index contributed by atoms with van der Waals surface area (Å²) in [7, 11) is 2.18. The Bertz CT molecular complexity index is 1070. The second-order valence-corrected chi connectivity index (χ2v) is 8.92. The Morgan fingerprint density at radius 2 is 1.75 bits per heavy atom. The van der Waals surface area contributed by atoms with Gasteiger partial charge in [0.25, 0.3) is 0 Å². The van der Waals surface area contributed by atoms with Crippen molar-refractivity contribution in [2.24, 2.45) is 5.92 Å². The second kappa shape index (κ2) is 9.17. The Labute approximate surface area is 189 Å². The van der Waals surface area contributed by atoms with Gasteiger partial charge in [-0.15, -0.1) is 0 Å². The molecule has 0 saturated carbocycles. The molecule has 0 amide bonds. The summed E-state index contributed by atoms with van der Waals surface area (Å²) < 4.78 is 12.9. The van der Waals surface area contributed by atoms with Crippen LogP contribution in [0, 0.1) is 5.92 Å². The molecule has 3 aromatic rings. The summed E-state index contributed by atoms with van der Waals surface area (Å²) in [6.45, 7) is 2.14. The lowest BCUT2D eigenvalue weighted by Gasteiger charge is -2.35. The van der Waals surface area contributed by atoms with Crippen LogP contribution in [0.5, 0.6) is 11.5 Å². The van der Waals surface area contributed by atoms with E-state index in [1.807, 2.05) is 54.6 Å². The van der Waals surface area contributed by atoms with Crippen LogP contribution in [-0.4, -0.2) is 30.8 Å². The third-order valence-corrected chi connectivity index (χ3v) is 6.55. The lowest BCUT2D eigenvalue weighted by Crippen LogP contribution is -2.36. The number of ether oxygens (including phenoxy) is 2. The Balaban J connectivity index is 1.42. The molecular formula is C28H29NO3. The molecule has 5 rings (SSSR count). The average molecular weight is 428 g/mol. The zero-order chi connectivity index (χ0) is 21.9. The number of hydrogen-bond acceptors (Lipinski definition) is 4. The van der Waals surface area contributed by atoms with Crippen LogP contribution in [0.1, 0.15) is 53.0 Å². The Kier molecular flexibility index (Phi) is 5.95. The molecule has 2 aliphatic rings. The summed E-state index contributed by atoms with van der Waals surface area (Å²) in [4.78, 5) is 15.2. The van der Waals surface area contributed by atoms with Crippen molar-refractivity contribution in [3.63, 3.8) is 0 Å². The molecule has 0 aliphatic carbocycles. The highest BCUT2D eigenvalue weighted by molar-refractivity contribution is 6.00. The van der Waals surface area contributed by atoms with E-state index in [2.05, 4.69) is 36.2 Å². The first-order valence-corrected chi connectivity index (χ1v) is 11.5. The first kappa shape index (κ1) is 20.8. The van der Waals surface area contributed by atoms with Crippen LogP contribution in [0.2, 0.25) is 0 Å². The van der Waals surface area contributed by atoms with Gasteiger partial charge in [0, 0.05) is 18.5 Å². The highest BCUT2D eigenvalue weighted by atomic mass is 16.5. The number of carbonyl (C=O) groups excluding carboxylic acids is 1. The third-order valence-electron chi connectivity index (χ3n) is 6.55. The maximum atomic E-state index is 12.8. The van der Waals surface area contributed by atoms with E-state index in [-0.39, 0.29) is 18.0 Å². The first-order valence-electron chi connectivity index (χ1n) is 11.5. The van der Waals surface area contributed by atoms with Gasteiger partial charge in [-0.2, -0.15) is 0 Å². The standard InChI is InChI=1S/C28H29NO3/c1-29-16-8-13-22(19-29)28(21-11-6-3-7-12-21)31-23-14-15-24-25(30)18-26(32-27(24)17-23)20-9-4-2-5-10-20/h2-7,9-12,14-15,17,22,26,28H,8,13,16,18-19H2,1H3. The average Bonchev–Trinajstić information content (AvgIpc) is 2.83. The van der Waals surface area contributed by atoms with Gasteiger partial charge in [0.2, 0.25) is 0 Å². The van der Waals surface area contributed by atoms with Gasteiger partial charge in [-0.1, -0.05) is 60.7 Å². The van der Waals surface area contributed by atoms with Crippen LogP contribution in [0.3, 0.4) is 0 Å². The summed E-state index contributed by atoms with van der Waals surface area (Å²) >= 11 is 0. The molecule has 1 saturated heterocycles. The summed E-state index contributed by atoms with van der Waals surface area (Å²) in [6, 6.07) is 26.0. The molecular weight excluding hydrogens is 398 g/mol. The van der Waals surface area contributed by atoms with Gasteiger partial charge in [-0.25, -0.2) is 0 Å². The van der Waals surface area contributed by atoms with Crippen molar-refractivity contribution >= 4 is 5.78 Å². The zero-order valence-corrected chi connectivity index (χ0v) is 18.4. The smallest absolute Gasteiger partial charge is 0.170 e. The molecule has 0 N–H and O–H groups in total. The minimum absolute atomic E-state index is 0.0405. The number of ketones is 1. The minimum Gasteiger partial charge on any atom is -0.485 e. The van der Waals surface area contributed by atoms with Crippen LogP contribution >= 0.6 is 0 Å². The molecule has 0 aromatic heterocycles. The molecule has 0 bridgehead atoms. The predicted molar refractivity (Wildman–Crippen MR) is 125 cm³/mol. The minimum atomic E-state index is -0.261. The molecule has 0 spiro atoms. The van der Waals surface area contributed by atoms with E-state index in [9.17, 15) is 4.79 Å². The number of nitrogens with zero attached hydrogens (tertiary/aromatic N) is 1. The highest BCUT2D eigenvalue weighted by Crippen LogP contribution is 2.39. The molecule has 3 atom stereocenters. The normalized spacial score (nSPS) is 22.0. The topological polar surface area (TPSA) is 38.8 Å². The van der Waals surface area contributed by atoms with Gasteiger partial charge in [-0.3, -0.25) is 4.79 Å². The van der Waals surface area contributed by atoms with Crippen molar-refractivity contribution in [3.05, 3.63) is 95.6 Å². The molecule has 32 heavy (non-hydrogen) atoms. The van der Waals surface area contributed by atoms with E-state index in [4.69, 9.17) is 9.47 Å². The largest absolute Gasteiger partial charge is 0.485 e. The number of Topliss-reactive ketones (excluding diaryl/α,β-unsaturated/α-hetero) is 1. The van der Waals surface area contributed by atoms with E-state index < -0.39 is 0 Å². The van der Waals surface area contributed by atoms with Gasteiger partial charge in [-0.05, 0) is 49.7 Å². The number of likely N-dealkylation sites (tertiary alicyclic amines) is 1. The summed E-state index contributed by atoms with van der Waals surface area (Å²) in [5, 5.41) is 0. The number of fused-ring (bicyclic) bond motifs is 1. The second-order valence-electron chi connectivity index (χ2n) is 8.92. The van der Waals surface area contributed by atoms with Gasteiger partial charge >= 0.3 is 0 Å². The fourth-order valence-electron chi connectivity index (χ4n) is 4.91. The van der Waals surface area contributed by atoms with Crippen LogP contribution in [-0.2, 0) is 0 Å². The molecule has 164 valence electrons. The van der Waals surface area contributed by atoms with Crippen LogP contribution in [0.15, 0.2) is 78.9 Å². The van der Waals surface area contributed by atoms with E-state index in [1.165, 1.54) is 12.0 Å². The van der Waals surface area contributed by atoms with Crippen molar-refractivity contribution in [3.8, 4) is 11.5 Å². The lowest BCUT2D eigenvalue weighted by molar-refractivity contribution is 0.0761. The van der Waals surface area contributed by atoms with Gasteiger partial charge in [0.15, 0.2) is 5.78 Å². The summed E-state index contributed by atoms with van der Waals surface area (Å²) in [5.74, 6) is 1.87. The zero-order valence-electron chi connectivity index (χ0n) is 18.4. The number of carbonyl (C=O) groups is 1. The van der Waals surface area contributed by atoms with E-state index >= 15 is 0 Å². The number of rotatable bonds is 5. The van der Waals surface area contributed by atoms with E-state index in [0.717, 1.165) is 30.8 Å². The molecule has 1 fully saturated rings. The van der Waals surface area contributed by atoms with Crippen molar-refractivity contribution < 1.29 is 14.3 Å². The molecule has 4 nitrogen and oxygen atoms in total. The van der Waals surface area contributed by atoms with Crippen LogP contribution in [0.25, 0.3) is 0 Å². The van der Waals surface area contributed by atoms with Crippen LogP contribution < -0.4 is 9.47 Å². The third kappa shape index (κ3) is 4.42. The van der Waals surface area contributed by atoms with Crippen molar-refractivity contribution in [1.29, 1.82) is 0 Å². The molecule has 4 heteroatoms. The quantitative estimate of drug-likeness (QED) is 0.512. The fraction of sp³-hybridized carbons (Fsp3) is 0.321. The lowest BCUT2D eigenvalue weighted by atomic mass is 9.88. The first-order chi connectivity index (χ1) is 15.7. The number of hydrogen-bond donors (Lipinski definition) is 0. The maximum Gasteiger partial charge on any atom is 0.170 e. The highest BCUT2D eigenvalue weighted by Gasteiger charge is 2.31. The Morgan fingerprint density at radius 3 is 2.50 bits per heavy atom. The Morgan fingerprint density at radius 1 is 1.00 bits per heavy atom. The van der Waals surface area contributed by atoms with Crippen LogP contribution in [0.4, 0.5) is 0 Å². The molecule has 2 aliphatic heterocycles. The van der Waals surface area contributed by atoms with E-state index in [1.54, 1.807) is 0 Å². The van der Waals surface area contributed by atoms with Crippen molar-refractivity contribution in [1.82, 2.24) is 4.90 Å². The summed E-state index contributed by atoms with van der Waals surface area (Å²) in [5.41, 5.74) is 2.84. The van der Waals surface area contributed by atoms with Crippen molar-refractivity contribution in [2.75, 3.05) is 20.1 Å². The number of piperidine rings is 1.